The topological polar surface area (TPSA) is 94.4 Å². The molecular formula is C26H36N6O3S. The van der Waals surface area contributed by atoms with E-state index in [1.165, 1.54) is 16.9 Å². The van der Waals surface area contributed by atoms with Crippen LogP contribution in [0.4, 0.5) is 5.69 Å². The van der Waals surface area contributed by atoms with Gasteiger partial charge in [0.1, 0.15) is 16.4 Å². The van der Waals surface area contributed by atoms with Crippen molar-refractivity contribution in [2.75, 3.05) is 25.5 Å². The molecule has 194 valence electrons. The van der Waals surface area contributed by atoms with Gasteiger partial charge in [-0.2, -0.15) is 5.10 Å². The molecule has 0 saturated carbocycles. The molecule has 10 heteroatoms. The number of benzene rings is 1. The number of esters is 1. The van der Waals surface area contributed by atoms with Crippen LogP contribution in [-0.4, -0.2) is 62.7 Å². The zero-order valence-electron chi connectivity index (χ0n) is 22.2. The number of carbonyl (C=O) groups is 1. The molecule has 0 spiro atoms. The fourth-order valence-corrected chi connectivity index (χ4v) is 5.06. The first kappa shape index (κ1) is 26.1. The zero-order chi connectivity index (χ0) is 26.0. The summed E-state index contributed by atoms with van der Waals surface area (Å²) in [7, 11) is 1.88. The minimum absolute atomic E-state index is 0.0955. The van der Waals surface area contributed by atoms with Crippen LogP contribution in [0.2, 0.25) is 0 Å². The molecule has 1 N–H and O–H groups in total. The third kappa shape index (κ3) is 6.04. The van der Waals surface area contributed by atoms with E-state index >= 15 is 0 Å². The number of aromatic nitrogens is 4. The lowest BCUT2D eigenvalue weighted by Crippen LogP contribution is -2.33. The lowest BCUT2D eigenvalue weighted by Gasteiger charge is -2.27. The Bertz CT molecular complexity index is 1230. The monoisotopic (exact) mass is 512 g/mol. The summed E-state index contributed by atoms with van der Waals surface area (Å²) in [6, 6.07) is 6.00. The molecular weight excluding hydrogens is 476 g/mol. The number of rotatable bonds is 8. The summed E-state index contributed by atoms with van der Waals surface area (Å²) in [5, 5.41) is 18.5. The Morgan fingerprint density at radius 1 is 1.25 bits per heavy atom. The Morgan fingerprint density at radius 3 is 2.72 bits per heavy atom. The van der Waals surface area contributed by atoms with Gasteiger partial charge in [0, 0.05) is 49.9 Å². The second-order valence-electron chi connectivity index (χ2n) is 10.3. The van der Waals surface area contributed by atoms with Gasteiger partial charge in [0.25, 0.3) is 0 Å². The number of hydrogen-bond acceptors (Lipinski definition) is 9. The number of carbonyl (C=O) groups excluding carboxylic acids is 1. The van der Waals surface area contributed by atoms with E-state index in [1.54, 1.807) is 0 Å². The largest absolute Gasteiger partial charge is 0.489 e. The van der Waals surface area contributed by atoms with E-state index in [2.05, 4.69) is 27.3 Å². The maximum absolute atomic E-state index is 12.1. The maximum atomic E-state index is 12.1. The molecule has 0 unspecified atom stereocenters. The summed E-state index contributed by atoms with van der Waals surface area (Å²) in [5.41, 5.74) is 4.78. The third-order valence-electron chi connectivity index (χ3n) is 5.88. The highest BCUT2D eigenvalue weighted by Gasteiger charge is 2.25. The molecule has 0 fully saturated rings. The SMILES string of the molecule is CNc1cc(-c2nnc(-n3nc4c(c3C)CN(CCC(=O)OC(C)(C)C)CC4)s2)ccc1OC(C)C. The van der Waals surface area contributed by atoms with E-state index in [0.717, 1.165) is 58.0 Å². The Balaban J connectivity index is 1.48. The van der Waals surface area contributed by atoms with Gasteiger partial charge in [0.05, 0.1) is 23.9 Å². The average Bonchev–Trinajstić information content (AvgIpc) is 3.41. The number of hydrogen-bond donors (Lipinski definition) is 1. The molecule has 36 heavy (non-hydrogen) atoms. The molecule has 1 aliphatic rings. The van der Waals surface area contributed by atoms with Crippen LogP contribution in [0, 0.1) is 6.92 Å². The van der Waals surface area contributed by atoms with Crippen LogP contribution >= 0.6 is 11.3 Å². The Hall–Kier alpha value is -2.98. The van der Waals surface area contributed by atoms with Gasteiger partial charge in [-0.3, -0.25) is 9.69 Å². The summed E-state index contributed by atoms with van der Waals surface area (Å²) < 4.78 is 13.2. The Morgan fingerprint density at radius 2 is 2.03 bits per heavy atom. The number of nitrogens with one attached hydrogen (secondary N) is 1. The van der Waals surface area contributed by atoms with Crippen molar-refractivity contribution >= 4 is 23.0 Å². The Labute approximate surface area is 216 Å². The first-order valence-corrected chi connectivity index (χ1v) is 13.2. The lowest BCUT2D eigenvalue weighted by atomic mass is 10.1. The molecule has 0 bridgehead atoms. The summed E-state index contributed by atoms with van der Waals surface area (Å²) in [6.07, 6.45) is 1.32. The van der Waals surface area contributed by atoms with Crippen LogP contribution in [0.3, 0.4) is 0 Å². The van der Waals surface area contributed by atoms with Crippen molar-refractivity contribution in [2.24, 2.45) is 0 Å². The van der Waals surface area contributed by atoms with Crippen molar-refractivity contribution in [3.05, 3.63) is 35.2 Å². The highest BCUT2D eigenvalue weighted by Crippen LogP contribution is 2.34. The fourth-order valence-electron chi connectivity index (χ4n) is 4.22. The molecule has 1 aliphatic heterocycles. The molecule has 3 heterocycles. The summed E-state index contributed by atoms with van der Waals surface area (Å²) in [6.45, 7) is 14.1. The third-order valence-corrected chi connectivity index (χ3v) is 6.82. The predicted molar refractivity (Wildman–Crippen MR) is 142 cm³/mol. The van der Waals surface area contributed by atoms with E-state index in [1.807, 2.05) is 64.5 Å². The number of fused-ring (bicyclic) bond motifs is 1. The molecule has 3 aromatic rings. The van der Waals surface area contributed by atoms with Gasteiger partial charge < -0.3 is 14.8 Å². The van der Waals surface area contributed by atoms with Crippen molar-refractivity contribution in [1.82, 2.24) is 24.9 Å². The number of ether oxygens (including phenoxy) is 2. The molecule has 1 aromatic carbocycles. The van der Waals surface area contributed by atoms with E-state index in [9.17, 15) is 4.79 Å². The van der Waals surface area contributed by atoms with Crippen LogP contribution in [-0.2, 0) is 22.5 Å². The number of nitrogens with zero attached hydrogens (tertiary/aromatic N) is 5. The molecule has 0 saturated heterocycles. The van der Waals surface area contributed by atoms with Crippen molar-refractivity contribution in [3.8, 4) is 21.5 Å². The van der Waals surface area contributed by atoms with Crippen LogP contribution in [0.25, 0.3) is 15.7 Å². The molecule has 0 radical (unpaired) electrons. The maximum Gasteiger partial charge on any atom is 0.307 e. The van der Waals surface area contributed by atoms with Crippen molar-refractivity contribution in [2.45, 2.75) is 72.6 Å². The summed E-state index contributed by atoms with van der Waals surface area (Å²) in [4.78, 5) is 14.4. The van der Waals surface area contributed by atoms with Crippen LogP contribution < -0.4 is 10.1 Å². The van der Waals surface area contributed by atoms with E-state index in [0.29, 0.717) is 13.0 Å². The summed E-state index contributed by atoms with van der Waals surface area (Å²) in [5.74, 6) is 0.653. The van der Waals surface area contributed by atoms with Gasteiger partial charge in [0.2, 0.25) is 5.13 Å². The smallest absolute Gasteiger partial charge is 0.307 e. The van der Waals surface area contributed by atoms with Gasteiger partial charge in [-0.25, -0.2) is 4.68 Å². The average molecular weight is 513 g/mol. The van der Waals surface area contributed by atoms with Crippen LogP contribution in [0.1, 0.15) is 58.0 Å². The summed E-state index contributed by atoms with van der Waals surface area (Å²) >= 11 is 1.51. The lowest BCUT2D eigenvalue weighted by molar-refractivity contribution is -0.155. The molecule has 0 atom stereocenters. The normalized spacial score (nSPS) is 14.1. The van der Waals surface area contributed by atoms with E-state index < -0.39 is 5.60 Å². The van der Waals surface area contributed by atoms with Gasteiger partial charge in [-0.05, 0) is 59.7 Å². The minimum atomic E-state index is -0.455. The molecule has 9 nitrogen and oxygen atoms in total. The van der Waals surface area contributed by atoms with Crippen LogP contribution in [0.5, 0.6) is 5.75 Å². The predicted octanol–water partition coefficient (Wildman–Crippen LogP) is 4.62. The quantitative estimate of drug-likeness (QED) is 0.437. The number of anilines is 1. The van der Waals surface area contributed by atoms with Gasteiger partial charge in [-0.15, -0.1) is 10.2 Å². The van der Waals surface area contributed by atoms with Crippen LogP contribution in [0.15, 0.2) is 18.2 Å². The van der Waals surface area contributed by atoms with E-state index in [-0.39, 0.29) is 12.1 Å². The zero-order valence-corrected chi connectivity index (χ0v) is 23.0. The first-order valence-electron chi connectivity index (χ1n) is 12.4. The van der Waals surface area contributed by atoms with Gasteiger partial charge in [-0.1, -0.05) is 11.3 Å². The first-order chi connectivity index (χ1) is 17.0. The van der Waals surface area contributed by atoms with E-state index in [4.69, 9.17) is 14.6 Å². The standard InChI is InChI=1S/C26H36N6O3S/c1-16(2)34-22-9-8-18(14-21(22)27-7)24-28-29-25(36-24)32-17(3)19-15-31(12-10-20(19)30-32)13-11-23(33)35-26(4,5)6/h8-9,14,16,27H,10-13,15H2,1-7H3. The highest BCUT2D eigenvalue weighted by atomic mass is 32.1. The van der Waals surface area contributed by atoms with Crippen molar-refractivity contribution < 1.29 is 14.3 Å². The van der Waals surface area contributed by atoms with Gasteiger partial charge in [0.15, 0.2) is 0 Å². The molecule has 4 rings (SSSR count). The van der Waals surface area contributed by atoms with Crippen molar-refractivity contribution in [3.63, 3.8) is 0 Å². The second-order valence-corrected chi connectivity index (χ2v) is 11.3. The fraction of sp³-hybridized carbons (Fsp3) is 0.538. The molecule has 0 amide bonds. The second kappa shape index (κ2) is 10.6. The van der Waals surface area contributed by atoms with Gasteiger partial charge >= 0.3 is 5.97 Å². The molecule has 2 aromatic heterocycles. The minimum Gasteiger partial charge on any atom is -0.489 e. The Kier molecular flexibility index (Phi) is 7.65. The van der Waals surface area contributed by atoms with Crippen molar-refractivity contribution in [1.29, 1.82) is 0 Å². The molecule has 0 aliphatic carbocycles. The highest BCUT2D eigenvalue weighted by molar-refractivity contribution is 7.17.